The van der Waals surface area contributed by atoms with Crippen LogP contribution in [-0.4, -0.2) is 17.7 Å². The van der Waals surface area contributed by atoms with E-state index < -0.39 is 23.3 Å². The first-order valence-electron chi connectivity index (χ1n) is 8.64. The van der Waals surface area contributed by atoms with Crippen LogP contribution < -0.4 is 10.4 Å². The standard InChI is InChI=1S/C21H22O5S/c1-12-10-27-11-17(12)16-9-19(22)25-18-8-14(6-7-15(16)18)24-13(2)20(23)26-21(3,4)5/h6-11,13H,1-5H3. The number of carbonyl (C=O) groups excluding carboxylic acids is 1. The lowest BCUT2D eigenvalue weighted by atomic mass is 10.0. The average Bonchev–Trinajstić information content (AvgIpc) is 2.98. The van der Waals surface area contributed by atoms with Crippen LogP contribution in [0.15, 0.2) is 44.2 Å². The molecule has 6 heteroatoms. The van der Waals surface area contributed by atoms with Crippen LogP contribution in [0.3, 0.4) is 0 Å². The van der Waals surface area contributed by atoms with Crippen LogP contribution in [0.5, 0.6) is 5.75 Å². The van der Waals surface area contributed by atoms with E-state index in [1.54, 1.807) is 51.2 Å². The topological polar surface area (TPSA) is 65.7 Å². The van der Waals surface area contributed by atoms with E-state index in [0.29, 0.717) is 11.3 Å². The summed E-state index contributed by atoms with van der Waals surface area (Å²) in [5.41, 5.74) is 2.33. The second-order valence-corrected chi connectivity index (χ2v) is 8.14. The molecule has 0 aliphatic carbocycles. The Labute approximate surface area is 161 Å². The van der Waals surface area contributed by atoms with E-state index >= 15 is 0 Å². The van der Waals surface area contributed by atoms with Gasteiger partial charge in [0.1, 0.15) is 16.9 Å². The first-order chi connectivity index (χ1) is 12.6. The molecule has 2 aromatic heterocycles. The number of thiophene rings is 1. The summed E-state index contributed by atoms with van der Waals surface area (Å²) in [6.07, 6.45) is -0.782. The van der Waals surface area contributed by atoms with Crippen molar-refractivity contribution in [3.8, 4) is 16.9 Å². The summed E-state index contributed by atoms with van der Waals surface area (Å²) in [5, 5.41) is 4.86. The molecule has 5 nitrogen and oxygen atoms in total. The fraction of sp³-hybridized carbons (Fsp3) is 0.333. The van der Waals surface area contributed by atoms with Crippen molar-refractivity contribution in [2.45, 2.75) is 46.3 Å². The van der Waals surface area contributed by atoms with Gasteiger partial charge in [-0.2, -0.15) is 11.3 Å². The minimum absolute atomic E-state index is 0.414. The molecule has 0 amide bonds. The van der Waals surface area contributed by atoms with Crippen molar-refractivity contribution in [3.05, 3.63) is 51.0 Å². The van der Waals surface area contributed by atoms with Crippen LogP contribution in [0.25, 0.3) is 22.1 Å². The summed E-state index contributed by atoms with van der Waals surface area (Å²) in [6, 6.07) is 6.72. The van der Waals surface area contributed by atoms with Crippen LogP contribution in [-0.2, 0) is 9.53 Å². The summed E-state index contributed by atoms with van der Waals surface area (Å²) in [7, 11) is 0. The van der Waals surface area contributed by atoms with Crippen molar-refractivity contribution < 1.29 is 18.7 Å². The maximum absolute atomic E-state index is 12.1. The summed E-state index contributed by atoms with van der Waals surface area (Å²) < 4.78 is 16.4. The molecule has 0 N–H and O–H groups in total. The monoisotopic (exact) mass is 386 g/mol. The molecule has 1 atom stereocenters. The number of ether oxygens (including phenoxy) is 2. The zero-order valence-corrected chi connectivity index (χ0v) is 16.8. The number of benzene rings is 1. The molecule has 3 rings (SSSR count). The van der Waals surface area contributed by atoms with Gasteiger partial charge in [-0.15, -0.1) is 0 Å². The van der Waals surface area contributed by atoms with Crippen LogP contribution in [0.4, 0.5) is 0 Å². The lowest BCUT2D eigenvalue weighted by Crippen LogP contribution is -2.33. The fourth-order valence-corrected chi connectivity index (χ4v) is 3.56. The Balaban J connectivity index is 1.93. The lowest BCUT2D eigenvalue weighted by molar-refractivity contribution is -0.162. The molecule has 0 fully saturated rings. The minimum atomic E-state index is -0.782. The predicted octanol–water partition coefficient (Wildman–Crippen LogP) is 4.94. The lowest BCUT2D eigenvalue weighted by Gasteiger charge is -2.22. The summed E-state index contributed by atoms with van der Waals surface area (Å²) in [5.74, 6) is -0.0186. The highest BCUT2D eigenvalue weighted by molar-refractivity contribution is 7.08. The highest BCUT2D eigenvalue weighted by Gasteiger charge is 2.23. The smallest absolute Gasteiger partial charge is 0.347 e. The molecular weight excluding hydrogens is 364 g/mol. The van der Waals surface area contributed by atoms with Gasteiger partial charge in [-0.05, 0) is 68.6 Å². The number of aryl methyl sites for hydroxylation is 1. The fourth-order valence-electron chi connectivity index (χ4n) is 2.71. The first kappa shape index (κ1) is 19.2. The summed E-state index contributed by atoms with van der Waals surface area (Å²) in [4.78, 5) is 24.1. The normalized spacial score (nSPS) is 12.8. The molecule has 0 saturated carbocycles. The molecule has 2 heterocycles. The van der Waals surface area contributed by atoms with Crippen LogP contribution in [0, 0.1) is 6.92 Å². The Bertz CT molecular complexity index is 1040. The Morgan fingerprint density at radius 1 is 1.15 bits per heavy atom. The van der Waals surface area contributed by atoms with Gasteiger partial charge in [0.2, 0.25) is 0 Å². The molecule has 0 aliphatic rings. The Kier molecular flexibility index (Phi) is 5.11. The zero-order valence-electron chi connectivity index (χ0n) is 16.0. The number of hydrogen-bond donors (Lipinski definition) is 0. The van der Waals surface area contributed by atoms with E-state index in [1.165, 1.54) is 6.07 Å². The van der Waals surface area contributed by atoms with E-state index in [9.17, 15) is 9.59 Å². The van der Waals surface area contributed by atoms with Crippen LogP contribution >= 0.6 is 11.3 Å². The summed E-state index contributed by atoms with van der Waals surface area (Å²) in [6.45, 7) is 9.04. The van der Waals surface area contributed by atoms with E-state index in [0.717, 1.165) is 22.1 Å². The molecule has 27 heavy (non-hydrogen) atoms. The number of carbonyl (C=O) groups is 1. The minimum Gasteiger partial charge on any atom is -0.479 e. The highest BCUT2D eigenvalue weighted by Crippen LogP contribution is 2.33. The van der Waals surface area contributed by atoms with Crippen molar-refractivity contribution in [2.75, 3.05) is 0 Å². The molecular formula is C21H22O5S. The molecule has 1 unspecified atom stereocenters. The average molecular weight is 386 g/mol. The van der Waals surface area contributed by atoms with Gasteiger partial charge in [0.05, 0.1) is 0 Å². The van der Waals surface area contributed by atoms with Gasteiger partial charge in [-0.3, -0.25) is 0 Å². The molecule has 0 saturated heterocycles. The van der Waals surface area contributed by atoms with Crippen molar-refractivity contribution in [1.29, 1.82) is 0 Å². The van der Waals surface area contributed by atoms with E-state index in [4.69, 9.17) is 13.9 Å². The van der Waals surface area contributed by atoms with Gasteiger partial charge in [0.15, 0.2) is 6.10 Å². The van der Waals surface area contributed by atoms with Gasteiger partial charge in [-0.25, -0.2) is 9.59 Å². The van der Waals surface area contributed by atoms with Crippen molar-refractivity contribution in [2.24, 2.45) is 0 Å². The quantitative estimate of drug-likeness (QED) is 0.469. The number of esters is 1. The molecule has 0 aliphatic heterocycles. The SMILES string of the molecule is Cc1cscc1-c1cc(=O)oc2cc(OC(C)C(=O)OC(C)(C)C)ccc12. The van der Waals surface area contributed by atoms with E-state index in [1.807, 2.05) is 23.8 Å². The second-order valence-electron chi connectivity index (χ2n) is 7.40. The number of hydrogen-bond acceptors (Lipinski definition) is 6. The van der Waals surface area contributed by atoms with Gasteiger partial charge in [-0.1, -0.05) is 0 Å². The van der Waals surface area contributed by atoms with Crippen LogP contribution in [0.2, 0.25) is 0 Å². The summed E-state index contributed by atoms with van der Waals surface area (Å²) >= 11 is 1.59. The third-order valence-corrected chi connectivity index (χ3v) is 4.77. The number of fused-ring (bicyclic) bond motifs is 1. The largest absolute Gasteiger partial charge is 0.479 e. The molecule has 1 aromatic carbocycles. The predicted molar refractivity (Wildman–Crippen MR) is 106 cm³/mol. The Morgan fingerprint density at radius 3 is 2.52 bits per heavy atom. The third kappa shape index (κ3) is 4.39. The number of rotatable bonds is 4. The second kappa shape index (κ2) is 7.19. The molecule has 3 aromatic rings. The van der Waals surface area contributed by atoms with Crippen molar-refractivity contribution >= 4 is 28.3 Å². The van der Waals surface area contributed by atoms with Crippen molar-refractivity contribution in [1.82, 2.24) is 0 Å². The third-order valence-electron chi connectivity index (χ3n) is 3.91. The van der Waals surface area contributed by atoms with Crippen molar-refractivity contribution in [3.63, 3.8) is 0 Å². The van der Waals surface area contributed by atoms with Gasteiger partial charge in [0, 0.05) is 23.1 Å². The Hall–Kier alpha value is -2.60. The maximum atomic E-state index is 12.1. The molecule has 142 valence electrons. The van der Waals surface area contributed by atoms with Gasteiger partial charge >= 0.3 is 11.6 Å². The van der Waals surface area contributed by atoms with Crippen LogP contribution in [0.1, 0.15) is 33.3 Å². The first-order valence-corrected chi connectivity index (χ1v) is 9.59. The maximum Gasteiger partial charge on any atom is 0.347 e. The highest BCUT2D eigenvalue weighted by atomic mass is 32.1. The van der Waals surface area contributed by atoms with E-state index in [-0.39, 0.29) is 0 Å². The van der Waals surface area contributed by atoms with Gasteiger partial charge in [0.25, 0.3) is 0 Å². The van der Waals surface area contributed by atoms with Gasteiger partial charge < -0.3 is 13.9 Å². The Morgan fingerprint density at radius 2 is 1.89 bits per heavy atom. The molecule has 0 bridgehead atoms. The molecule has 0 spiro atoms. The molecule has 0 radical (unpaired) electrons. The van der Waals surface area contributed by atoms with E-state index in [2.05, 4.69) is 0 Å². The zero-order chi connectivity index (χ0) is 19.8.